The highest BCUT2D eigenvalue weighted by Crippen LogP contribution is 2.50. The lowest BCUT2D eigenvalue weighted by molar-refractivity contribution is 0.660. The minimum atomic E-state index is -0.0830. The first kappa shape index (κ1) is 41.2. The maximum Gasteiger partial charge on any atom is 0.0900 e. The van der Waals surface area contributed by atoms with E-state index in [-0.39, 0.29) is 5.41 Å². The van der Waals surface area contributed by atoms with Gasteiger partial charge in [-0.2, -0.15) is 0 Å². The fourth-order valence-electron chi connectivity index (χ4n) is 10.7. The van der Waals surface area contributed by atoms with Gasteiger partial charge in [-0.25, -0.2) is 4.98 Å². The van der Waals surface area contributed by atoms with Gasteiger partial charge in [-0.1, -0.05) is 166 Å². The molecule has 0 fully saturated rings. The molecule has 0 bridgehead atoms. The number of rotatable bonds is 8. The molecule has 0 radical (unpaired) electrons. The van der Waals surface area contributed by atoms with Crippen LogP contribution in [0.25, 0.3) is 117 Å². The molecule has 0 atom stereocenters. The molecular formula is C66H46N4. The maximum absolute atomic E-state index is 5.01. The van der Waals surface area contributed by atoms with Crippen molar-refractivity contribution in [1.82, 2.24) is 19.5 Å². The number of hydrogen-bond acceptors (Lipinski definition) is 3. The quantitative estimate of drug-likeness (QED) is 0.153. The van der Waals surface area contributed by atoms with Gasteiger partial charge in [0.2, 0.25) is 0 Å². The number of fused-ring (bicyclic) bond motifs is 6. The van der Waals surface area contributed by atoms with Crippen molar-refractivity contribution in [2.45, 2.75) is 19.3 Å². The molecular weight excluding hydrogens is 849 g/mol. The Balaban J connectivity index is 0.968. The lowest BCUT2D eigenvalue weighted by atomic mass is 9.81. The summed E-state index contributed by atoms with van der Waals surface area (Å²) in [5, 5.41) is 2.42. The van der Waals surface area contributed by atoms with Gasteiger partial charge in [0, 0.05) is 34.3 Å². The van der Waals surface area contributed by atoms with Crippen molar-refractivity contribution >= 4 is 21.8 Å². The van der Waals surface area contributed by atoms with Crippen molar-refractivity contribution in [3.8, 4) is 95.2 Å². The largest absolute Gasteiger partial charge is 0.309 e. The van der Waals surface area contributed by atoms with Crippen LogP contribution >= 0.6 is 0 Å². The van der Waals surface area contributed by atoms with E-state index < -0.39 is 0 Å². The lowest BCUT2D eigenvalue weighted by Gasteiger charge is -2.22. The molecule has 4 nitrogen and oxygen atoms in total. The van der Waals surface area contributed by atoms with E-state index in [4.69, 9.17) is 4.98 Å². The van der Waals surface area contributed by atoms with Crippen LogP contribution in [0.1, 0.15) is 25.0 Å². The second-order valence-corrected chi connectivity index (χ2v) is 18.9. The maximum atomic E-state index is 5.01. The van der Waals surface area contributed by atoms with E-state index in [1.165, 1.54) is 66.4 Å². The molecule has 4 heterocycles. The summed E-state index contributed by atoms with van der Waals surface area (Å²) < 4.78 is 2.48. The van der Waals surface area contributed by atoms with Gasteiger partial charge in [0.25, 0.3) is 0 Å². The van der Waals surface area contributed by atoms with E-state index in [0.29, 0.717) is 0 Å². The van der Waals surface area contributed by atoms with Crippen LogP contribution in [-0.2, 0) is 5.41 Å². The van der Waals surface area contributed by atoms with E-state index in [9.17, 15) is 0 Å². The van der Waals surface area contributed by atoms with Crippen LogP contribution in [-0.4, -0.2) is 19.5 Å². The van der Waals surface area contributed by atoms with E-state index in [2.05, 4.69) is 223 Å². The van der Waals surface area contributed by atoms with Crippen molar-refractivity contribution in [1.29, 1.82) is 0 Å². The Kier molecular flexibility index (Phi) is 9.81. The lowest BCUT2D eigenvalue weighted by Crippen LogP contribution is -2.14. The first-order valence-electron chi connectivity index (χ1n) is 24.0. The number of pyridine rings is 3. The van der Waals surface area contributed by atoms with Crippen molar-refractivity contribution in [3.63, 3.8) is 0 Å². The van der Waals surface area contributed by atoms with Crippen LogP contribution in [0.4, 0.5) is 0 Å². The summed E-state index contributed by atoms with van der Waals surface area (Å²) in [6.45, 7) is 4.71. The average molecular weight is 895 g/mol. The van der Waals surface area contributed by atoms with E-state index in [1.807, 2.05) is 48.8 Å². The molecule has 0 N–H and O–H groups in total. The monoisotopic (exact) mass is 894 g/mol. The van der Waals surface area contributed by atoms with Gasteiger partial charge in [0.15, 0.2) is 0 Å². The number of aromatic nitrogens is 4. The minimum Gasteiger partial charge on any atom is -0.309 e. The van der Waals surface area contributed by atoms with Gasteiger partial charge in [0.05, 0.1) is 33.8 Å². The van der Waals surface area contributed by atoms with Crippen molar-refractivity contribution < 1.29 is 0 Å². The molecule has 4 aromatic heterocycles. The molecule has 330 valence electrons. The standard InChI is InChI=1S/C66H46N4/c1-66(2)58-20-10-9-19-54(58)55-30-27-48(39-59(55)66)47-29-32-64-57(38-47)56-31-28-49(42-65(56)70(64)53-36-50(43-15-5-3-6-16-43)35-51(37-53)44-17-7-4-8-18-44)45-23-25-46(26-24-45)52-40-62(60-21-11-13-33-67-60)69-63(41-52)61-22-12-14-34-68-61/h3-42H,1-2H3. The Hall–Kier alpha value is -8.99. The Morgan fingerprint density at radius 1 is 0.314 bits per heavy atom. The molecule has 0 amide bonds. The second kappa shape index (κ2) is 16.7. The predicted molar refractivity (Wildman–Crippen MR) is 290 cm³/mol. The first-order chi connectivity index (χ1) is 34.4. The van der Waals surface area contributed by atoms with Gasteiger partial charge in [-0.15, -0.1) is 0 Å². The highest BCUT2D eigenvalue weighted by Gasteiger charge is 2.35. The Morgan fingerprint density at radius 3 is 1.46 bits per heavy atom. The summed E-state index contributed by atoms with van der Waals surface area (Å²) in [6.07, 6.45) is 3.62. The Morgan fingerprint density at radius 2 is 0.814 bits per heavy atom. The molecule has 13 rings (SSSR count). The Bertz CT molecular complexity index is 3820. The van der Waals surface area contributed by atoms with Crippen LogP contribution in [0.3, 0.4) is 0 Å². The fraction of sp³-hybridized carbons (Fsp3) is 0.0455. The summed E-state index contributed by atoms with van der Waals surface area (Å²) in [5.74, 6) is 0. The molecule has 8 aromatic carbocycles. The molecule has 12 aromatic rings. The highest BCUT2D eigenvalue weighted by molar-refractivity contribution is 6.11. The van der Waals surface area contributed by atoms with Crippen molar-refractivity contribution in [3.05, 3.63) is 254 Å². The second-order valence-electron chi connectivity index (χ2n) is 18.9. The third-order valence-corrected chi connectivity index (χ3v) is 14.3. The van der Waals surface area contributed by atoms with Crippen LogP contribution < -0.4 is 0 Å². The minimum absolute atomic E-state index is 0.0830. The molecule has 1 aliphatic rings. The van der Waals surface area contributed by atoms with Gasteiger partial charge in [-0.3, -0.25) is 9.97 Å². The molecule has 0 unspecified atom stereocenters. The van der Waals surface area contributed by atoms with Crippen LogP contribution in [0.15, 0.2) is 243 Å². The zero-order valence-corrected chi connectivity index (χ0v) is 38.9. The average Bonchev–Trinajstić information content (AvgIpc) is 3.88. The van der Waals surface area contributed by atoms with Gasteiger partial charge < -0.3 is 4.57 Å². The normalized spacial score (nSPS) is 12.5. The molecule has 1 aliphatic carbocycles. The molecule has 0 saturated heterocycles. The summed E-state index contributed by atoms with van der Waals surface area (Å²) in [5.41, 5.74) is 23.6. The third kappa shape index (κ3) is 7.12. The summed E-state index contributed by atoms with van der Waals surface area (Å²) >= 11 is 0. The SMILES string of the molecule is CC1(C)c2ccccc2-c2ccc(-c3ccc4c(c3)c3ccc(-c5ccc(-c6cc(-c7ccccn7)nc(-c7ccccn7)c6)cc5)cc3n4-c3cc(-c4ccccc4)cc(-c4ccccc4)c3)cc21. The van der Waals surface area contributed by atoms with Crippen molar-refractivity contribution in [2.24, 2.45) is 0 Å². The smallest absolute Gasteiger partial charge is 0.0900 e. The molecule has 0 aliphatic heterocycles. The molecule has 0 spiro atoms. The van der Waals surface area contributed by atoms with Crippen LogP contribution in [0, 0.1) is 0 Å². The van der Waals surface area contributed by atoms with Gasteiger partial charge >= 0.3 is 0 Å². The number of hydrogen-bond donors (Lipinski definition) is 0. The van der Waals surface area contributed by atoms with Gasteiger partial charge in [0.1, 0.15) is 0 Å². The number of nitrogens with zero attached hydrogens (tertiary/aromatic N) is 4. The predicted octanol–water partition coefficient (Wildman–Crippen LogP) is 16.9. The third-order valence-electron chi connectivity index (χ3n) is 14.3. The Labute approximate surface area is 407 Å². The molecule has 70 heavy (non-hydrogen) atoms. The van der Waals surface area contributed by atoms with E-state index >= 15 is 0 Å². The van der Waals surface area contributed by atoms with E-state index in [0.717, 1.165) is 61.8 Å². The zero-order chi connectivity index (χ0) is 46.8. The molecule has 4 heteroatoms. The molecule has 0 saturated carbocycles. The summed E-state index contributed by atoms with van der Waals surface area (Å²) in [7, 11) is 0. The van der Waals surface area contributed by atoms with Crippen LogP contribution in [0.2, 0.25) is 0 Å². The fourth-order valence-corrected chi connectivity index (χ4v) is 10.7. The van der Waals surface area contributed by atoms with E-state index in [1.54, 1.807) is 0 Å². The summed E-state index contributed by atoms with van der Waals surface area (Å²) in [6, 6.07) is 83.5. The number of benzene rings is 8. The zero-order valence-electron chi connectivity index (χ0n) is 38.9. The van der Waals surface area contributed by atoms with Crippen LogP contribution in [0.5, 0.6) is 0 Å². The first-order valence-corrected chi connectivity index (χ1v) is 24.0. The van der Waals surface area contributed by atoms with Gasteiger partial charge in [-0.05, 0) is 157 Å². The summed E-state index contributed by atoms with van der Waals surface area (Å²) in [4.78, 5) is 14.3. The highest BCUT2D eigenvalue weighted by atomic mass is 15.0. The topological polar surface area (TPSA) is 43.6 Å². The van der Waals surface area contributed by atoms with Crippen molar-refractivity contribution in [2.75, 3.05) is 0 Å².